The summed E-state index contributed by atoms with van der Waals surface area (Å²) < 4.78 is 0. The Hall–Kier alpha value is 0.360. The first-order chi connectivity index (χ1) is 7.61. The van der Waals surface area contributed by atoms with Crippen molar-refractivity contribution in [3.63, 3.8) is 0 Å². The van der Waals surface area contributed by atoms with Gasteiger partial charge in [0.15, 0.2) is 0 Å². The van der Waals surface area contributed by atoms with Gasteiger partial charge in [0.25, 0.3) is 0 Å². The van der Waals surface area contributed by atoms with Crippen LogP contribution in [-0.4, -0.2) is 12.1 Å². The molecular weight excluding hydrogens is 254 g/mol. The SMILES string of the molecule is CCCCNC(C)(C)[C@H](SS)c1cccs1. The molecule has 92 valence electrons. The van der Waals surface area contributed by atoms with Crippen LogP contribution >= 0.6 is 33.8 Å². The molecule has 1 nitrogen and oxygen atoms in total. The zero-order chi connectivity index (χ0) is 12.0. The Morgan fingerprint density at radius 2 is 2.31 bits per heavy atom. The molecule has 0 radical (unpaired) electrons. The lowest BCUT2D eigenvalue weighted by Gasteiger charge is -2.33. The van der Waals surface area contributed by atoms with Crippen molar-refractivity contribution in [3.8, 4) is 0 Å². The molecule has 1 heterocycles. The van der Waals surface area contributed by atoms with Gasteiger partial charge in [-0.3, -0.25) is 0 Å². The summed E-state index contributed by atoms with van der Waals surface area (Å²) in [6, 6.07) is 4.31. The quantitative estimate of drug-likeness (QED) is 0.430. The van der Waals surface area contributed by atoms with Gasteiger partial charge in [-0.05, 0) is 38.3 Å². The van der Waals surface area contributed by atoms with Gasteiger partial charge in [-0.2, -0.15) is 0 Å². The zero-order valence-electron chi connectivity index (χ0n) is 10.2. The molecule has 1 aromatic heterocycles. The van der Waals surface area contributed by atoms with Crippen molar-refractivity contribution in [1.82, 2.24) is 5.32 Å². The van der Waals surface area contributed by atoms with Gasteiger partial charge in [0.2, 0.25) is 0 Å². The number of unbranched alkanes of at least 4 members (excludes halogenated alkanes) is 1. The van der Waals surface area contributed by atoms with E-state index >= 15 is 0 Å². The van der Waals surface area contributed by atoms with Gasteiger partial charge >= 0.3 is 0 Å². The number of thiophene rings is 1. The molecule has 0 saturated heterocycles. The number of thiol groups is 1. The van der Waals surface area contributed by atoms with E-state index in [0.717, 1.165) is 6.54 Å². The van der Waals surface area contributed by atoms with Crippen LogP contribution in [0.25, 0.3) is 0 Å². The minimum absolute atomic E-state index is 0.0897. The molecule has 0 unspecified atom stereocenters. The van der Waals surface area contributed by atoms with Gasteiger partial charge in [-0.1, -0.05) is 30.2 Å². The van der Waals surface area contributed by atoms with Crippen LogP contribution in [0.1, 0.15) is 43.7 Å². The van der Waals surface area contributed by atoms with Crippen molar-refractivity contribution in [2.75, 3.05) is 6.54 Å². The second-order valence-corrected chi connectivity index (χ2v) is 6.80. The molecule has 1 rings (SSSR count). The highest BCUT2D eigenvalue weighted by Crippen LogP contribution is 2.42. The Kier molecular flexibility index (Phi) is 6.26. The van der Waals surface area contributed by atoms with Crippen LogP contribution in [0.3, 0.4) is 0 Å². The topological polar surface area (TPSA) is 12.0 Å². The highest BCUT2D eigenvalue weighted by molar-refractivity contribution is 8.68. The van der Waals surface area contributed by atoms with E-state index in [-0.39, 0.29) is 5.54 Å². The summed E-state index contributed by atoms with van der Waals surface area (Å²) >= 11 is 6.24. The molecule has 0 fully saturated rings. The molecule has 0 aliphatic rings. The fraction of sp³-hybridized carbons (Fsp3) is 0.667. The van der Waals surface area contributed by atoms with Crippen molar-refractivity contribution in [3.05, 3.63) is 22.4 Å². The smallest absolute Gasteiger partial charge is 0.0668 e. The highest BCUT2D eigenvalue weighted by atomic mass is 33.1. The van der Waals surface area contributed by atoms with Crippen LogP contribution in [0.5, 0.6) is 0 Å². The standard InChI is InChI=1S/C12H21NS3/c1-4-5-8-13-12(2,3)11(16-14)10-7-6-9-15-10/h6-7,9,11,13-14H,4-5,8H2,1-3H3/t11-/m1/s1. The molecule has 16 heavy (non-hydrogen) atoms. The van der Waals surface area contributed by atoms with Gasteiger partial charge < -0.3 is 5.32 Å². The molecule has 0 aromatic carbocycles. The fourth-order valence-corrected chi connectivity index (χ4v) is 4.73. The summed E-state index contributed by atoms with van der Waals surface area (Å²) in [6.07, 6.45) is 2.47. The molecule has 0 saturated carbocycles. The average Bonchev–Trinajstić information content (AvgIpc) is 2.72. The second kappa shape index (κ2) is 6.94. The van der Waals surface area contributed by atoms with E-state index in [1.165, 1.54) is 17.7 Å². The van der Waals surface area contributed by atoms with Crippen LogP contribution in [0.2, 0.25) is 0 Å². The summed E-state index contributed by atoms with van der Waals surface area (Å²) in [7, 11) is 1.63. The average molecular weight is 276 g/mol. The van der Waals surface area contributed by atoms with Crippen molar-refractivity contribution in [1.29, 1.82) is 0 Å². The van der Waals surface area contributed by atoms with Gasteiger partial charge in [-0.25, -0.2) is 0 Å². The Morgan fingerprint density at radius 3 is 2.81 bits per heavy atom. The third kappa shape index (κ3) is 3.99. The molecule has 0 spiro atoms. The van der Waals surface area contributed by atoms with Crippen molar-refractivity contribution >= 4 is 33.8 Å². The molecule has 0 aliphatic carbocycles. The van der Waals surface area contributed by atoms with E-state index in [0.29, 0.717) is 5.25 Å². The molecule has 0 amide bonds. The normalized spacial score (nSPS) is 14.0. The predicted molar refractivity (Wildman–Crippen MR) is 80.6 cm³/mol. The first-order valence-corrected chi connectivity index (χ1v) is 8.51. The number of hydrogen-bond acceptors (Lipinski definition) is 4. The van der Waals surface area contributed by atoms with Crippen molar-refractivity contribution in [2.24, 2.45) is 0 Å². The molecule has 1 aromatic rings. The monoisotopic (exact) mass is 275 g/mol. The minimum Gasteiger partial charge on any atom is -0.310 e. The molecule has 0 aliphatic heterocycles. The summed E-state index contributed by atoms with van der Waals surface area (Å²) in [5.74, 6) is 0. The lowest BCUT2D eigenvalue weighted by atomic mass is 9.98. The zero-order valence-corrected chi connectivity index (χ0v) is 12.7. The summed E-state index contributed by atoms with van der Waals surface area (Å²) in [6.45, 7) is 7.82. The molecule has 4 heteroatoms. The Morgan fingerprint density at radius 1 is 1.56 bits per heavy atom. The van der Waals surface area contributed by atoms with Crippen LogP contribution in [-0.2, 0) is 0 Å². The first-order valence-electron chi connectivity index (χ1n) is 5.70. The maximum Gasteiger partial charge on any atom is 0.0668 e. The molecule has 1 N–H and O–H groups in total. The van der Waals surface area contributed by atoms with Gasteiger partial charge in [-0.15, -0.1) is 23.0 Å². The van der Waals surface area contributed by atoms with E-state index < -0.39 is 0 Å². The van der Waals surface area contributed by atoms with Crippen molar-refractivity contribution < 1.29 is 0 Å². The number of nitrogens with one attached hydrogen (secondary N) is 1. The Labute approximate surface area is 112 Å². The minimum atomic E-state index is 0.0897. The third-order valence-corrected chi connectivity index (χ3v) is 5.45. The van der Waals surface area contributed by atoms with E-state index in [2.05, 4.69) is 55.3 Å². The maximum atomic E-state index is 4.42. The predicted octanol–water partition coefficient (Wildman–Crippen LogP) is 4.54. The summed E-state index contributed by atoms with van der Waals surface area (Å²) in [5.41, 5.74) is 0.0897. The van der Waals surface area contributed by atoms with E-state index in [9.17, 15) is 0 Å². The van der Waals surface area contributed by atoms with Crippen LogP contribution in [0, 0.1) is 0 Å². The van der Waals surface area contributed by atoms with E-state index in [4.69, 9.17) is 0 Å². The first kappa shape index (κ1) is 14.4. The van der Waals surface area contributed by atoms with E-state index in [1.807, 2.05) is 11.3 Å². The Bertz CT molecular complexity index is 282. The van der Waals surface area contributed by atoms with Crippen LogP contribution < -0.4 is 5.32 Å². The number of rotatable bonds is 7. The van der Waals surface area contributed by atoms with Gasteiger partial charge in [0.05, 0.1) is 5.25 Å². The third-order valence-electron chi connectivity index (χ3n) is 2.67. The Balaban J connectivity index is 2.63. The molecule has 0 bridgehead atoms. The van der Waals surface area contributed by atoms with E-state index in [1.54, 1.807) is 10.8 Å². The fourth-order valence-electron chi connectivity index (χ4n) is 1.66. The van der Waals surface area contributed by atoms with Gasteiger partial charge in [0.1, 0.15) is 0 Å². The maximum absolute atomic E-state index is 4.42. The van der Waals surface area contributed by atoms with Gasteiger partial charge in [0, 0.05) is 10.4 Å². The van der Waals surface area contributed by atoms with Crippen LogP contribution in [0.4, 0.5) is 0 Å². The van der Waals surface area contributed by atoms with Crippen LogP contribution in [0.15, 0.2) is 17.5 Å². The largest absolute Gasteiger partial charge is 0.310 e. The summed E-state index contributed by atoms with van der Waals surface area (Å²) in [5, 5.41) is 6.18. The van der Waals surface area contributed by atoms with Crippen molar-refractivity contribution in [2.45, 2.75) is 44.4 Å². The number of hydrogen-bond donors (Lipinski definition) is 2. The lowest BCUT2D eigenvalue weighted by Crippen LogP contribution is -2.43. The highest BCUT2D eigenvalue weighted by Gasteiger charge is 2.30. The molecule has 1 atom stereocenters. The lowest BCUT2D eigenvalue weighted by molar-refractivity contribution is 0.379. The summed E-state index contributed by atoms with van der Waals surface area (Å²) in [4.78, 5) is 1.40. The molecular formula is C12H21NS3. The second-order valence-electron chi connectivity index (χ2n) is 4.50.